The van der Waals surface area contributed by atoms with Crippen molar-refractivity contribution in [1.82, 2.24) is 4.98 Å². The summed E-state index contributed by atoms with van der Waals surface area (Å²) in [7, 11) is -4.02. The van der Waals surface area contributed by atoms with Gasteiger partial charge in [0.1, 0.15) is 4.90 Å². The Morgan fingerprint density at radius 1 is 1.00 bits per heavy atom. The predicted molar refractivity (Wildman–Crippen MR) is 89.7 cm³/mol. The van der Waals surface area contributed by atoms with Crippen molar-refractivity contribution in [3.8, 4) is 22.8 Å². The van der Waals surface area contributed by atoms with Crippen LogP contribution in [0.3, 0.4) is 0 Å². The third kappa shape index (κ3) is 2.97. The number of hydrogen-bond acceptors (Lipinski definition) is 4. The Morgan fingerprint density at radius 2 is 1.77 bits per heavy atom. The summed E-state index contributed by atoms with van der Waals surface area (Å²) < 4.78 is 62.6. The molecule has 9 heteroatoms. The fraction of sp³-hybridized carbons (Fsp3) is 0.0588. The molecule has 0 atom stereocenters. The minimum atomic E-state index is -4.02. The van der Waals surface area contributed by atoms with Gasteiger partial charge in [-0.3, -0.25) is 4.72 Å². The normalized spacial score (nSPS) is 15.0. The van der Waals surface area contributed by atoms with E-state index in [0.29, 0.717) is 5.69 Å². The molecule has 0 aliphatic carbocycles. The largest absolute Gasteiger partial charge is 0.586 e. The second-order valence-corrected chi connectivity index (χ2v) is 7.20. The van der Waals surface area contributed by atoms with Gasteiger partial charge < -0.3 is 14.5 Å². The lowest BCUT2D eigenvalue weighted by Gasteiger charge is -2.09. The summed E-state index contributed by atoms with van der Waals surface area (Å²) in [5.74, 6) is -0.603. The van der Waals surface area contributed by atoms with E-state index < -0.39 is 16.3 Å². The highest BCUT2D eigenvalue weighted by molar-refractivity contribution is 7.92. The smallest absolute Gasteiger partial charge is 0.395 e. The van der Waals surface area contributed by atoms with Crippen molar-refractivity contribution in [2.45, 2.75) is 11.2 Å². The second-order valence-electron chi connectivity index (χ2n) is 5.52. The molecule has 4 rings (SSSR count). The minimum absolute atomic E-state index is 0.0420. The van der Waals surface area contributed by atoms with Gasteiger partial charge in [0, 0.05) is 11.9 Å². The number of fused-ring (bicyclic) bond motifs is 1. The van der Waals surface area contributed by atoms with Gasteiger partial charge in [0.15, 0.2) is 11.5 Å². The predicted octanol–water partition coefficient (Wildman–Crippen LogP) is 3.80. The van der Waals surface area contributed by atoms with Crippen molar-refractivity contribution >= 4 is 15.7 Å². The van der Waals surface area contributed by atoms with E-state index in [9.17, 15) is 17.2 Å². The van der Waals surface area contributed by atoms with Crippen LogP contribution in [0.2, 0.25) is 0 Å². The zero-order valence-corrected chi connectivity index (χ0v) is 13.9. The van der Waals surface area contributed by atoms with Gasteiger partial charge in [-0.25, -0.2) is 8.42 Å². The van der Waals surface area contributed by atoms with Crippen LogP contribution in [0.4, 0.5) is 14.5 Å². The summed E-state index contributed by atoms with van der Waals surface area (Å²) in [5, 5.41) is 0. The summed E-state index contributed by atoms with van der Waals surface area (Å²) in [6, 6.07) is 14.6. The van der Waals surface area contributed by atoms with E-state index in [0.717, 1.165) is 5.56 Å². The molecule has 2 N–H and O–H groups in total. The van der Waals surface area contributed by atoms with E-state index in [2.05, 4.69) is 19.2 Å². The Bertz CT molecular complexity index is 1070. The molecule has 3 aromatic rings. The Hall–Kier alpha value is -3.07. The summed E-state index contributed by atoms with van der Waals surface area (Å²) in [4.78, 5) is 2.84. The number of aromatic nitrogens is 1. The maximum absolute atomic E-state index is 13.2. The van der Waals surface area contributed by atoms with Gasteiger partial charge in [-0.15, -0.1) is 8.78 Å². The summed E-state index contributed by atoms with van der Waals surface area (Å²) in [5.41, 5.74) is 1.28. The number of para-hydroxylation sites is 1. The van der Waals surface area contributed by atoms with Crippen molar-refractivity contribution in [2.75, 3.05) is 4.72 Å². The molecule has 0 spiro atoms. The average molecular weight is 378 g/mol. The molecule has 1 aromatic heterocycles. The van der Waals surface area contributed by atoms with Crippen molar-refractivity contribution in [1.29, 1.82) is 0 Å². The molecule has 0 bridgehead atoms. The Balaban J connectivity index is 1.64. The molecule has 134 valence electrons. The van der Waals surface area contributed by atoms with Gasteiger partial charge in [-0.1, -0.05) is 36.4 Å². The molecule has 0 amide bonds. The number of rotatable bonds is 4. The molecule has 0 saturated carbocycles. The van der Waals surface area contributed by atoms with Crippen LogP contribution in [-0.4, -0.2) is 19.7 Å². The van der Waals surface area contributed by atoms with Crippen LogP contribution in [0.1, 0.15) is 0 Å². The summed E-state index contributed by atoms with van der Waals surface area (Å²) in [6.07, 6.45) is -2.52. The SMILES string of the molecule is O=S(=O)(Nc1cccc2c1OC(F)(F)O2)c1c[nH]c(-c2ccccc2)c1. The number of alkyl halides is 2. The van der Waals surface area contributed by atoms with Crippen molar-refractivity contribution in [3.63, 3.8) is 0 Å². The zero-order chi connectivity index (χ0) is 18.4. The third-order valence-corrected chi connectivity index (χ3v) is 5.07. The number of benzene rings is 2. The molecular formula is C17H12F2N2O4S. The Kier molecular flexibility index (Phi) is 3.62. The average Bonchev–Trinajstić information content (AvgIpc) is 3.20. The number of anilines is 1. The number of ether oxygens (including phenoxy) is 2. The Morgan fingerprint density at radius 3 is 2.54 bits per heavy atom. The molecule has 1 aliphatic rings. The molecule has 0 radical (unpaired) electrons. The maximum Gasteiger partial charge on any atom is 0.586 e. The fourth-order valence-electron chi connectivity index (χ4n) is 2.57. The highest BCUT2D eigenvalue weighted by atomic mass is 32.2. The first-order chi connectivity index (χ1) is 12.3. The van der Waals surface area contributed by atoms with E-state index in [-0.39, 0.29) is 22.1 Å². The van der Waals surface area contributed by atoms with E-state index in [1.54, 1.807) is 0 Å². The number of aromatic amines is 1. The van der Waals surface area contributed by atoms with Crippen LogP contribution in [0.5, 0.6) is 11.5 Å². The standard InChI is InChI=1S/C17H12F2N2O4S/c18-17(19)24-15-8-4-7-13(16(15)25-17)21-26(22,23)12-9-14(20-10-12)11-5-2-1-3-6-11/h1-10,20-21H. The topological polar surface area (TPSA) is 80.4 Å². The molecule has 0 saturated heterocycles. The highest BCUT2D eigenvalue weighted by Gasteiger charge is 2.45. The molecule has 1 aliphatic heterocycles. The molecule has 6 nitrogen and oxygen atoms in total. The first-order valence-corrected chi connectivity index (χ1v) is 8.98. The first-order valence-electron chi connectivity index (χ1n) is 7.50. The monoisotopic (exact) mass is 378 g/mol. The van der Waals surface area contributed by atoms with Crippen LogP contribution in [0.15, 0.2) is 65.7 Å². The Labute approximate surface area is 147 Å². The number of nitrogens with one attached hydrogen (secondary N) is 2. The van der Waals surface area contributed by atoms with Gasteiger partial charge >= 0.3 is 6.29 Å². The number of halogens is 2. The van der Waals surface area contributed by atoms with E-state index in [1.807, 2.05) is 30.3 Å². The van der Waals surface area contributed by atoms with Crippen LogP contribution in [-0.2, 0) is 10.0 Å². The lowest BCUT2D eigenvalue weighted by atomic mass is 10.2. The van der Waals surface area contributed by atoms with Gasteiger partial charge in [0.25, 0.3) is 10.0 Å². The first kappa shape index (κ1) is 16.4. The zero-order valence-electron chi connectivity index (χ0n) is 13.1. The van der Waals surface area contributed by atoms with Gasteiger partial charge in [0.05, 0.1) is 5.69 Å². The van der Waals surface area contributed by atoms with Crippen molar-refractivity contribution in [3.05, 3.63) is 60.8 Å². The van der Waals surface area contributed by atoms with Gasteiger partial charge in [-0.05, 0) is 23.8 Å². The van der Waals surface area contributed by atoms with Crippen molar-refractivity contribution < 1.29 is 26.7 Å². The van der Waals surface area contributed by atoms with E-state index in [4.69, 9.17) is 0 Å². The quantitative estimate of drug-likeness (QED) is 0.724. The fourth-order valence-corrected chi connectivity index (χ4v) is 3.62. The van der Waals surface area contributed by atoms with Crippen LogP contribution in [0.25, 0.3) is 11.3 Å². The second kappa shape index (κ2) is 5.73. The third-order valence-electron chi connectivity index (χ3n) is 3.72. The summed E-state index contributed by atoms with van der Waals surface area (Å²) in [6.45, 7) is 0. The lowest BCUT2D eigenvalue weighted by Crippen LogP contribution is -2.26. The molecule has 2 heterocycles. The number of sulfonamides is 1. The molecule has 0 fully saturated rings. The number of H-pyrrole nitrogens is 1. The molecule has 2 aromatic carbocycles. The molecule has 26 heavy (non-hydrogen) atoms. The minimum Gasteiger partial charge on any atom is -0.395 e. The van der Waals surface area contributed by atoms with Crippen LogP contribution in [0, 0.1) is 0 Å². The van der Waals surface area contributed by atoms with E-state index >= 15 is 0 Å². The van der Waals surface area contributed by atoms with Crippen LogP contribution < -0.4 is 14.2 Å². The van der Waals surface area contributed by atoms with Gasteiger partial charge in [0.2, 0.25) is 0 Å². The van der Waals surface area contributed by atoms with Crippen molar-refractivity contribution in [2.24, 2.45) is 0 Å². The maximum atomic E-state index is 13.2. The van der Waals surface area contributed by atoms with E-state index in [1.165, 1.54) is 30.5 Å². The van der Waals surface area contributed by atoms with Gasteiger partial charge in [-0.2, -0.15) is 0 Å². The number of hydrogen-bond donors (Lipinski definition) is 2. The molecular weight excluding hydrogens is 366 g/mol. The molecule has 0 unspecified atom stereocenters. The van der Waals surface area contributed by atoms with Crippen LogP contribution >= 0.6 is 0 Å². The summed E-state index contributed by atoms with van der Waals surface area (Å²) >= 11 is 0. The highest BCUT2D eigenvalue weighted by Crippen LogP contribution is 2.46. The lowest BCUT2D eigenvalue weighted by molar-refractivity contribution is -0.286.